The molecule has 4 heteroatoms. The van der Waals surface area contributed by atoms with Crippen LogP contribution >= 0.6 is 15.9 Å². The minimum Gasteiger partial charge on any atom is -0.497 e. The lowest BCUT2D eigenvalue weighted by atomic mass is 10.2. The van der Waals surface area contributed by atoms with Gasteiger partial charge in [0.2, 0.25) is 0 Å². The second-order valence-electron chi connectivity index (χ2n) is 3.91. The van der Waals surface area contributed by atoms with Crippen LogP contribution in [0.3, 0.4) is 0 Å². The number of carbonyl (C=O) groups is 1. The Morgan fingerprint density at radius 3 is 2.53 bits per heavy atom. The number of aldehydes is 1. The lowest BCUT2D eigenvalue weighted by molar-refractivity contribution is 0.111. The van der Waals surface area contributed by atoms with Gasteiger partial charge in [0, 0.05) is 0 Å². The maximum Gasteiger partial charge on any atom is 0.153 e. The molecule has 0 amide bonds. The smallest absolute Gasteiger partial charge is 0.153 e. The van der Waals surface area contributed by atoms with Gasteiger partial charge in [-0.05, 0) is 45.8 Å². The van der Waals surface area contributed by atoms with Crippen LogP contribution in [0.25, 0.3) is 0 Å². The van der Waals surface area contributed by atoms with E-state index in [0.29, 0.717) is 17.9 Å². The summed E-state index contributed by atoms with van der Waals surface area (Å²) in [6, 6.07) is 13.0. The number of benzene rings is 2. The molecule has 0 radical (unpaired) electrons. The van der Waals surface area contributed by atoms with Gasteiger partial charge in [-0.15, -0.1) is 0 Å². The highest BCUT2D eigenvalue weighted by atomic mass is 79.9. The van der Waals surface area contributed by atoms with Crippen LogP contribution in [0.5, 0.6) is 11.5 Å². The average molecular weight is 321 g/mol. The monoisotopic (exact) mass is 320 g/mol. The second-order valence-corrected chi connectivity index (χ2v) is 4.77. The van der Waals surface area contributed by atoms with Crippen molar-refractivity contribution in [1.82, 2.24) is 0 Å². The highest BCUT2D eigenvalue weighted by Crippen LogP contribution is 2.28. The molecule has 0 fully saturated rings. The van der Waals surface area contributed by atoms with E-state index in [1.54, 1.807) is 19.2 Å². The van der Waals surface area contributed by atoms with Gasteiger partial charge in [-0.1, -0.05) is 18.2 Å². The number of hydrogen-bond acceptors (Lipinski definition) is 3. The van der Waals surface area contributed by atoms with Crippen LogP contribution in [0.4, 0.5) is 0 Å². The van der Waals surface area contributed by atoms with Gasteiger partial charge in [0.15, 0.2) is 6.29 Å². The van der Waals surface area contributed by atoms with E-state index >= 15 is 0 Å². The molecule has 2 aromatic rings. The first-order valence-corrected chi connectivity index (χ1v) is 6.53. The largest absolute Gasteiger partial charge is 0.497 e. The van der Waals surface area contributed by atoms with Crippen molar-refractivity contribution >= 4 is 22.2 Å². The minimum absolute atomic E-state index is 0.396. The molecular formula is C15H13BrO3. The summed E-state index contributed by atoms with van der Waals surface area (Å²) in [5.74, 6) is 1.37. The second kappa shape index (κ2) is 6.38. The molecule has 0 aliphatic carbocycles. The van der Waals surface area contributed by atoms with E-state index in [1.807, 2.05) is 30.3 Å². The minimum atomic E-state index is 0.396. The molecule has 0 saturated carbocycles. The molecule has 19 heavy (non-hydrogen) atoms. The van der Waals surface area contributed by atoms with Crippen molar-refractivity contribution in [2.75, 3.05) is 7.11 Å². The number of rotatable bonds is 5. The molecule has 0 N–H and O–H groups in total. The van der Waals surface area contributed by atoms with Crippen molar-refractivity contribution in [2.24, 2.45) is 0 Å². The van der Waals surface area contributed by atoms with Crippen molar-refractivity contribution in [1.29, 1.82) is 0 Å². The Bertz CT molecular complexity index is 564. The molecule has 0 aliphatic rings. The van der Waals surface area contributed by atoms with E-state index in [1.165, 1.54) is 0 Å². The highest BCUT2D eigenvalue weighted by molar-refractivity contribution is 9.10. The Kier molecular flexibility index (Phi) is 4.58. The Morgan fingerprint density at radius 1 is 1.16 bits per heavy atom. The Hall–Kier alpha value is -1.81. The molecule has 2 aromatic carbocycles. The molecule has 0 aliphatic heterocycles. The lowest BCUT2D eigenvalue weighted by Crippen LogP contribution is -1.99. The van der Waals surface area contributed by atoms with Crippen LogP contribution in [0.1, 0.15) is 15.9 Å². The third-order valence-corrected chi connectivity index (χ3v) is 3.29. The van der Waals surface area contributed by atoms with Gasteiger partial charge < -0.3 is 9.47 Å². The summed E-state index contributed by atoms with van der Waals surface area (Å²) in [6.07, 6.45) is 0.786. The van der Waals surface area contributed by atoms with Crippen molar-refractivity contribution in [3.05, 3.63) is 58.1 Å². The topological polar surface area (TPSA) is 35.5 Å². The van der Waals surface area contributed by atoms with Crippen LogP contribution in [-0.2, 0) is 6.61 Å². The quantitative estimate of drug-likeness (QED) is 0.785. The average Bonchev–Trinajstić information content (AvgIpc) is 2.46. The van der Waals surface area contributed by atoms with E-state index < -0.39 is 0 Å². The Morgan fingerprint density at radius 2 is 1.89 bits per heavy atom. The molecule has 0 atom stereocenters. The lowest BCUT2D eigenvalue weighted by Gasteiger charge is -2.10. The first-order chi connectivity index (χ1) is 9.24. The number of methoxy groups -OCH3 is 1. The number of hydrogen-bond donors (Lipinski definition) is 0. The summed E-state index contributed by atoms with van der Waals surface area (Å²) >= 11 is 3.38. The van der Waals surface area contributed by atoms with E-state index in [2.05, 4.69) is 15.9 Å². The van der Waals surface area contributed by atoms with Crippen molar-refractivity contribution < 1.29 is 14.3 Å². The van der Waals surface area contributed by atoms with Crippen molar-refractivity contribution in [3.63, 3.8) is 0 Å². The standard InChI is InChI=1S/C15H13BrO3/c1-18-13-7-5-11(6-8-13)10-19-15-12(9-17)3-2-4-14(15)16/h2-9H,10H2,1H3. The fourth-order valence-electron chi connectivity index (χ4n) is 1.65. The van der Waals surface area contributed by atoms with E-state index in [9.17, 15) is 4.79 Å². The zero-order chi connectivity index (χ0) is 13.7. The molecule has 0 heterocycles. The Balaban J connectivity index is 2.11. The highest BCUT2D eigenvalue weighted by Gasteiger charge is 2.07. The summed E-state index contributed by atoms with van der Waals surface area (Å²) in [5.41, 5.74) is 1.54. The molecule has 98 valence electrons. The first kappa shape index (κ1) is 13.6. The van der Waals surface area contributed by atoms with Gasteiger partial charge in [0.1, 0.15) is 18.1 Å². The zero-order valence-corrected chi connectivity index (χ0v) is 12.0. The van der Waals surface area contributed by atoms with Gasteiger partial charge in [-0.25, -0.2) is 0 Å². The molecule has 0 saturated heterocycles. The Labute approximate surface area is 120 Å². The first-order valence-electron chi connectivity index (χ1n) is 5.74. The summed E-state index contributed by atoms with van der Waals surface area (Å²) in [4.78, 5) is 11.0. The molecule has 2 rings (SSSR count). The predicted octanol–water partition coefficient (Wildman–Crippen LogP) is 3.85. The molecule has 0 aromatic heterocycles. The van der Waals surface area contributed by atoms with Gasteiger partial charge in [-0.2, -0.15) is 0 Å². The summed E-state index contributed by atoms with van der Waals surface area (Å²) in [7, 11) is 1.63. The normalized spacial score (nSPS) is 10.0. The maximum atomic E-state index is 11.0. The molecule has 0 bridgehead atoms. The van der Waals surface area contributed by atoms with Gasteiger partial charge in [-0.3, -0.25) is 4.79 Å². The number of para-hydroxylation sites is 1. The molecule has 3 nitrogen and oxygen atoms in total. The maximum absolute atomic E-state index is 11.0. The van der Waals surface area contributed by atoms with Crippen LogP contribution in [0, 0.1) is 0 Å². The summed E-state index contributed by atoms with van der Waals surface area (Å²) in [6.45, 7) is 0.396. The van der Waals surface area contributed by atoms with Gasteiger partial charge in [0.25, 0.3) is 0 Å². The van der Waals surface area contributed by atoms with Crippen molar-refractivity contribution in [2.45, 2.75) is 6.61 Å². The summed E-state index contributed by atoms with van der Waals surface area (Å²) < 4.78 is 11.6. The molecule has 0 unspecified atom stereocenters. The SMILES string of the molecule is COc1ccc(COc2c(Br)cccc2C=O)cc1. The zero-order valence-electron chi connectivity index (χ0n) is 10.4. The van der Waals surface area contributed by atoms with E-state index in [-0.39, 0.29) is 0 Å². The van der Waals surface area contributed by atoms with Crippen molar-refractivity contribution in [3.8, 4) is 11.5 Å². The van der Waals surface area contributed by atoms with Crippen LogP contribution < -0.4 is 9.47 Å². The van der Waals surface area contributed by atoms with Gasteiger partial charge >= 0.3 is 0 Å². The van der Waals surface area contributed by atoms with Crippen LogP contribution in [0.15, 0.2) is 46.9 Å². The third-order valence-electron chi connectivity index (χ3n) is 2.67. The van der Waals surface area contributed by atoms with Gasteiger partial charge in [0.05, 0.1) is 17.1 Å². The summed E-state index contributed by atoms with van der Waals surface area (Å²) in [5, 5.41) is 0. The van der Waals surface area contributed by atoms with Crippen LogP contribution in [-0.4, -0.2) is 13.4 Å². The fraction of sp³-hybridized carbons (Fsp3) is 0.133. The molecular weight excluding hydrogens is 308 g/mol. The predicted molar refractivity (Wildman–Crippen MR) is 76.9 cm³/mol. The number of carbonyl (C=O) groups excluding carboxylic acids is 1. The number of ether oxygens (including phenoxy) is 2. The van der Waals surface area contributed by atoms with E-state index in [0.717, 1.165) is 22.1 Å². The fourth-order valence-corrected chi connectivity index (χ4v) is 2.14. The van der Waals surface area contributed by atoms with E-state index in [4.69, 9.17) is 9.47 Å². The third kappa shape index (κ3) is 3.35. The molecule has 0 spiro atoms. The number of halogens is 1. The van der Waals surface area contributed by atoms with Crippen LogP contribution in [0.2, 0.25) is 0 Å².